The van der Waals surface area contributed by atoms with Crippen molar-refractivity contribution in [2.75, 3.05) is 24.6 Å². The van der Waals surface area contributed by atoms with E-state index >= 15 is 0 Å². The molecule has 0 aliphatic carbocycles. The summed E-state index contributed by atoms with van der Waals surface area (Å²) in [5.74, 6) is 0.667. The molecular formula is C15H17N5O3S. The van der Waals surface area contributed by atoms with Gasteiger partial charge in [0.2, 0.25) is 5.95 Å². The van der Waals surface area contributed by atoms with Gasteiger partial charge in [0.05, 0.1) is 13.2 Å². The fourth-order valence-electron chi connectivity index (χ4n) is 3.07. The molecule has 126 valence electrons. The summed E-state index contributed by atoms with van der Waals surface area (Å²) < 4.78 is 8.96. The molecule has 8 nitrogen and oxygen atoms in total. The van der Waals surface area contributed by atoms with Crippen molar-refractivity contribution in [3.05, 3.63) is 43.2 Å². The number of thiophene rings is 1. The summed E-state index contributed by atoms with van der Waals surface area (Å²) in [7, 11) is 3.39. The highest BCUT2D eigenvalue weighted by atomic mass is 32.1. The molecule has 3 aromatic heterocycles. The van der Waals surface area contributed by atoms with Crippen LogP contribution in [0.4, 0.5) is 5.95 Å². The number of nitrogens with zero attached hydrogens (tertiary/aromatic N) is 4. The zero-order chi connectivity index (χ0) is 16.8. The molecule has 0 radical (unpaired) electrons. The van der Waals surface area contributed by atoms with Crippen molar-refractivity contribution in [2.24, 2.45) is 14.1 Å². The summed E-state index contributed by atoms with van der Waals surface area (Å²) in [5.41, 5.74) is 1.05. The van der Waals surface area contributed by atoms with Crippen LogP contribution >= 0.6 is 11.3 Å². The van der Waals surface area contributed by atoms with Gasteiger partial charge in [0.25, 0.3) is 5.56 Å². The maximum absolute atomic E-state index is 12.1. The Morgan fingerprint density at radius 3 is 2.92 bits per heavy atom. The van der Waals surface area contributed by atoms with Gasteiger partial charge in [-0.15, -0.1) is 0 Å². The van der Waals surface area contributed by atoms with Gasteiger partial charge in [-0.1, -0.05) is 0 Å². The number of hydrogen-bond acceptors (Lipinski definition) is 6. The monoisotopic (exact) mass is 347 g/mol. The molecule has 1 saturated heterocycles. The molecule has 9 heteroatoms. The number of rotatable bonds is 2. The first-order valence-electron chi connectivity index (χ1n) is 7.60. The standard InChI is InChI=1S/C15H17N5O3S/c1-18-11-12(19(2)15(22)17-13(11)21)16-14(18)20-4-5-23-10(7-20)9-3-6-24-8-9/h3,6,8,10H,4-5,7H2,1-2H3,(H,17,21,22). The first-order valence-corrected chi connectivity index (χ1v) is 8.55. The number of aromatic amines is 1. The van der Waals surface area contributed by atoms with Gasteiger partial charge >= 0.3 is 5.69 Å². The first kappa shape index (κ1) is 15.2. The molecule has 0 saturated carbocycles. The van der Waals surface area contributed by atoms with E-state index in [9.17, 15) is 9.59 Å². The fourth-order valence-corrected chi connectivity index (χ4v) is 3.77. The van der Waals surface area contributed by atoms with Gasteiger partial charge in [0.1, 0.15) is 6.10 Å². The molecular weight excluding hydrogens is 330 g/mol. The molecule has 1 aliphatic heterocycles. The number of aryl methyl sites for hydroxylation is 2. The third kappa shape index (κ3) is 2.28. The Morgan fingerprint density at radius 1 is 1.33 bits per heavy atom. The summed E-state index contributed by atoms with van der Waals surface area (Å²) in [6, 6.07) is 2.06. The molecule has 3 aromatic rings. The summed E-state index contributed by atoms with van der Waals surface area (Å²) in [6.07, 6.45) is -0.0214. The second-order valence-corrected chi connectivity index (χ2v) is 6.60. The second-order valence-electron chi connectivity index (χ2n) is 5.82. The number of anilines is 1. The highest BCUT2D eigenvalue weighted by molar-refractivity contribution is 7.07. The number of H-pyrrole nitrogens is 1. The lowest BCUT2D eigenvalue weighted by Crippen LogP contribution is -2.39. The molecule has 1 atom stereocenters. The Balaban J connectivity index is 1.78. The predicted molar refractivity (Wildman–Crippen MR) is 91.8 cm³/mol. The van der Waals surface area contributed by atoms with Crippen LogP contribution in [0.25, 0.3) is 11.2 Å². The van der Waals surface area contributed by atoms with E-state index in [1.807, 2.05) is 5.38 Å². The summed E-state index contributed by atoms with van der Waals surface area (Å²) in [4.78, 5) is 32.9. The number of fused-ring (bicyclic) bond motifs is 1. The summed E-state index contributed by atoms with van der Waals surface area (Å²) >= 11 is 1.64. The summed E-state index contributed by atoms with van der Waals surface area (Å²) in [5, 5.41) is 4.11. The third-order valence-corrected chi connectivity index (χ3v) is 5.08. The van der Waals surface area contributed by atoms with E-state index in [1.54, 1.807) is 30.0 Å². The van der Waals surface area contributed by atoms with E-state index in [1.165, 1.54) is 4.57 Å². The second kappa shape index (κ2) is 5.60. The fraction of sp³-hybridized carbons (Fsp3) is 0.400. The average Bonchev–Trinajstić information content (AvgIpc) is 3.21. The number of morpholine rings is 1. The van der Waals surface area contributed by atoms with Crippen molar-refractivity contribution in [1.29, 1.82) is 0 Å². The lowest BCUT2D eigenvalue weighted by Gasteiger charge is -2.33. The Kier molecular flexibility index (Phi) is 3.54. The van der Waals surface area contributed by atoms with Crippen LogP contribution in [0.15, 0.2) is 26.4 Å². The maximum atomic E-state index is 12.1. The number of nitrogens with one attached hydrogen (secondary N) is 1. The van der Waals surface area contributed by atoms with Crippen molar-refractivity contribution in [3.8, 4) is 0 Å². The topological polar surface area (TPSA) is 85.2 Å². The van der Waals surface area contributed by atoms with Gasteiger partial charge in [0, 0.05) is 20.6 Å². The van der Waals surface area contributed by atoms with Gasteiger partial charge in [-0.05, 0) is 22.4 Å². The van der Waals surface area contributed by atoms with Crippen LogP contribution in [-0.2, 0) is 18.8 Å². The minimum atomic E-state index is -0.463. The van der Waals surface area contributed by atoms with Crippen LogP contribution < -0.4 is 16.1 Å². The van der Waals surface area contributed by atoms with Crippen LogP contribution in [0.2, 0.25) is 0 Å². The van der Waals surface area contributed by atoms with Crippen LogP contribution in [0.1, 0.15) is 11.7 Å². The molecule has 0 bridgehead atoms. The Bertz CT molecular complexity index is 1000. The highest BCUT2D eigenvalue weighted by Gasteiger charge is 2.26. The van der Waals surface area contributed by atoms with Crippen molar-refractivity contribution >= 4 is 28.4 Å². The van der Waals surface area contributed by atoms with Gasteiger partial charge < -0.3 is 14.2 Å². The van der Waals surface area contributed by atoms with Crippen molar-refractivity contribution in [2.45, 2.75) is 6.10 Å². The number of imidazole rings is 1. The highest BCUT2D eigenvalue weighted by Crippen LogP contribution is 2.27. The predicted octanol–water partition coefficient (Wildman–Crippen LogP) is 0.600. The van der Waals surface area contributed by atoms with Crippen LogP contribution in [0.5, 0.6) is 0 Å². The SMILES string of the molecule is Cn1c(N2CCOC(c3ccsc3)C2)nc2c1c(=O)[nH]c(=O)n2C. The van der Waals surface area contributed by atoms with Crippen LogP contribution in [-0.4, -0.2) is 38.8 Å². The van der Waals surface area contributed by atoms with Gasteiger partial charge in [-0.25, -0.2) is 4.79 Å². The van der Waals surface area contributed by atoms with Crippen molar-refractivity contribution in [1.82, 2.24) is 19.1 Å². The zero-order valence-electron chi connectivity index (χ0n) is 13.4. The molecule has 1 N–H and O–H groups in total. The van der Waals surface area contributed by atoms with E-state index < -0.39 is 11.2 Å². The molecule has 0 aromatic carbocycles. The largest absolute Gasteiger partial charge is 0.370 e. The minimum absolute atomic E-state index is 0.0214. The van der Waals surface area contributed by atoms with Gasteiger partial charge in [-0.3, -0.25) is 14.3 Å². The van der Waals surface area contributed by atoms with E-state index in [0.717, 1.165) is 5.56 Å². The molecule has 1 unspecified atom stereocenters. The molecule has 1 fully saturated rings. The molecule has 4 rings (SSSR count). The van der Waals surface area contributed by atoms with E-state index in [-0.39, 0.29) is 6.10 Å². The number of ether oxygens (including phenoxy) is 1. The van der Waals surface area contributed by atoms with Crippen molar-refractivity contribution in [3.63, 3.8) is 0 Å². The van der Waals surface area contributed by atoms with Gasteiger partial charge in [-0.2, -0.15) is 16.3 Å². The lowest BCUT2D eigenvalue weighted by molar-refractivity contribution is 0.0393. The lowest BCUT2D eigenvalue weighted by atomic mass is 10.1. The minimum Gasteiger partial charge on any atom is -0.370 e. The van der Waals surface area contributed by atoms with E-state index in [0.29, 0.717) is 36.8 Å². The molecule has 24 heavy (non-hydrogen) atoms. The normalized spacial score (nSPS) is 18.4. The molecule has 1 aliphatic rings. The maximum Gasteiger partial charge on any atom is 0.329 e. The first-order chi connectivity index (χ1) is 11.6. The molecule has 0 spiro atoms. The number of hydrogen-bond donors (Lipinski definition) is 1. The van der Waals surface area contributed by atoms with E-state index in [4.69, 9.17) is 4.74 Å². The molecule has 0 amide bonds. The van der Waals surface area contributed by atoms with Crippen LogP contribution in [0.3, 0.4) is 0 Å². The Hall–Kier alpha value is -2.39. The quantitative estimate of drug-likeness (QED) is 0.734. The number of aromatic nitrogens is 4. The summed E-state index contributed by atoms with van der Waals surface area (Å²) in [6.45, 7) is 1.92. The smallest absolute Gasteiger partial charge is 0.329 e. The van der Waals surface area contributed by atoms with Gasteiger partial charge in [0.15, 0.2) is 11.2 Å². The third-order valence-electron chi connectivity index (χ3n) is 4.38. The zero-order valence-corrected chi connectivity index (χ0v) is 14.2. The average molecular weight is 347 g/mol. The van der Waals surface area contributed by atoms with Crippen molar-refractivity contribution < 1.29 is 4.74 Å². The Labute approximate surface area is 140 Å². The van der Waals surface area contributed by atoms with Crippen LogP contribution in [0, 0.1) is 0 Å². The Morgan fingerprint density at radius 2 is 2.17 bits per heavy atom. The van der Waals surface area contributed by atoms with E-state index in [2.05, 4.69) is 26.3 Å². The molecule has 4 heterocycles.